The first-order valence-electron chi connectivity index (χ1n) is 13.1. The highest BCUT2D eigenvalue weighted by molar-refractivity contribution is 6.31. The molecule has 0 aromatic heterocycles. The van der Waals surface area contributed by atoms with Crippen LogP contribution in [0, 0.1) is 5.92 Å². The molecule has 6 rings (SSSR count). The van der Waals surface area contributed by atoms with E-state index in [1.54, 1.807) is 29.3 Å². The largest absolute Gasteiger partial charge is 0.490 e. The molecule has 0 unspecified atom stereocenters. The Kier molecular flexibility index (Phi) is 7.15. The van der Waals surface area contributed by atoms with Crippen LogP contribution in [0.1, 0.15) is 24.1 Å². The Balaban J connectivity index is 1.38. The number of para-hydroxylation sites is 1. The lowest BCUT2D eigenvalue weighted by atomic mass is 9.90. The zero-order valence-corrected chi connectivity index (χ0v) is 22.5. The van der Waals surface area contributed by atoms with Crippen LogP contribution in [0.2, 0.25) is 5.02 Å². The van der Waals surface area contributed by atoms with Crippen LogP contribution < -0.4 is 19.4 Å². The number of nitrogens with zero attached hydrogens (tertiary/aromatic N) is 2. The fourth-order valence-electron chi connectivity index (χ4n) is 5.25. The summed E-state index contributed by atoms with van der Waals surface area (Å²) in [5.74, 6) is -0.407. The Morgan fingerprint density at radius 1 is 0.775 bits per heavy atom. The van der Waals surface area contributed by atoms with E-state index in [4.69, 9.17) is 25.9 Å². The summed E-state index contributed by atoms with van der Waals surface area (Å²) >= 11 is 6.18. The molecule has 0 radical (unpaired) electrons. The molecule has 4 aromatic rings. The number of hydroxylamine groups is 1. The number of imide groups is 1. The van der Waals surface area contributed by atoms with Gasteiger partial charge in [-0.1, -0.05) is 72.3 Å². The van der Waals surface area contributed by atoms with Crippen molar-refractivity contribution in [3.05, 3.63) is 119 Å². The number of rotatable bonds is 8. The van der Waals surface area contributed by atoms with Gasteiger partial charge in [-0.2, -0.15) is 0 Å². The number of halogens is 1. The average Bonchev–Trinajstić information content (AvgIpc) is 3.49. The monoisotopic (exact) mass is 554 g/mol. The molecule has 2 fully saturated rings. The summed E-state index contributed by atoms with van der Waals surface area (Å²) in [6, 6.07) is 31.1. The van der Waals surface area contributed by atoms with Gasteiger partial charge in [0.15, 0.2) is 17.6 Å². The molecule has 2 saturated heterocycles. The molecule has 202 valence electrons. The lowest BCUT2D eigenvalue weighted by Gasteiger charge is -2.29. The molecule has 0 aliphatic carbocycles. The summed E-state index contributed by atoms with van der Waals surface area (Å²) in [4.78, 5) is 34.9. The molecule has 0 saturated carbocycles. The summed E-state index contributed by atoms with van der Waals surface area (Å²) in [5.41, 5.74) is 2.96. The van der Waals surface area contributed by atoms with Crippen LogP contribution >= 0.6 is 11.6 Å². The smallest absolute Gasteiger partial charge is 0.266 e. The molecule has 2 heterocycles. The van der Waals surface area contributed by atoms with Crippen LogP contribution in [0.3, 0.4) is 0 Å². The molecule has 40 heavy (non-hydrogen) atoms. The minimum atomic E-state index is -0.985. The zero-order valence-electron chi connectivity index (χ0n) is 21.8. The Bertz CT molecular complexity index is 1530. The highest BCUT2D eigenvalue weighted by atomic mass is 35.5. The Morgan fingerprint density at radius 2 is 1.50 bits per heavy atom. The van der Waals surface area contributed by atoms with Crippen molar-refractivity contribution in [2.75, 3.05) is 16.6 Å². The number of carbonyl (C=O) groups is 2. The van der Waals surface area contributed by atoms with Gasteiger partial charge in [0.05, 0.1) is 24.0 Å². The average molecular weight is 555 g/mol. The molecule has 2 amide bonds. The molecule has 7 nitrogen and oxygen atoms in total. The molecular formula is C32H27ClN2O5. The van der Waals surface area contributed by atoms with E-state index in [1.807, 2.05) is 85.8 Å². The van der Waals surface area contributed by atoms with Gasteiger partial charge in [0.2, 0.25) is 5.91 Å². The topological polar surface area (TPSA) is 68.3 Å². The van der Waals surface area contributed by atoms with Crippen LogP contribution in [0.25, 0.3) is 0 Å². The van der Waals surface area contributed by atoms with Crippen LogP contribution in [-0.2, 0) is 21.0 Å². The summed E-state index contributed by atoms with van der Waals surface area (Å²) in [7, 11) is 0. The van der Waals surface area contributed by atoms with E-state index in [1.165, 1.54) is 4.90 Å². The Hall–Kier alpha value is -4.33. The zero-order chi connectivity index (χ0) is 27.6. The van der Waals surface area contributed by atoms with Gasteiger partial charge in [-0.05, 0) is 60.5 Å². The van der Waals surface area contributed by atoms with E-state index in [0.29, 0.717) is 35.4 Å². The maximum Gasteiger partial charge on any atom is 0.266 e. The van der Waals surface area contributed by atoms with E-state index in [0.717, 1.165) is 16.8 Å². The minimum Gasteiger partial charge on any atom is -0.490 e. The van der Waals surface area contributed by atoms with Gasteiger partial charge in [0.1, 0.15) is 12.5 Å². The fraction of sp³-hybridized carbons (Fsp3) is 0.188. The second kappa shape index (κ2) is 11.0. The standard InChI is InChI=1S/C32H27ClN2O5/c1-2-38-27-18-22(16-17-26(27)39-20-21-10-5-3-6-11-21)29-28-30(40-35(29)24-13-7-4-8-14-24)32(37)34(31(28)36)25-15-9-12-23(33)19-25/h3-19,28-30H,2,20H2,1H3/t28-,29-,30-/m0/s1. The third kappa shape index (κ3) is 4.78. The highest BCUT2D eigenvalue weighted by Gasteiger charge is 2.60. The normalized spacial score (nSPS) is 20.1. The predicted molar refractivity (Wildman–Crippen MR) is 152 cm³/mol. The molecule has 3 atom stereocenters. The Morgan fingerprint density at radius 3 is 2.23 bits per heavy atom. The number of ether oxygens (including phenoxy) is 2. The summed E-state index contributed by atoms with van der Waals surface area (Å²) in [6.45, 7) is 2.72. The molecule has 0 N–H and O–H groups in total. The third-order valence-corrected chi connectivity index (χ3v) is 7.27. The molecule has 8 heteroatoms. The number of hydrogen-bond acceptors (Lipinski definition) is 6. The first-order valence-corrected chi connectivity index (χ1v) is 13.5. The van der Waals surface area contributed by atoms with E-state index in [9.17, 15) is 9.59 Å². The second-order valence-corrected chi connectivity index (χ2v) is 10.00. The molecule has 2 aliphatic rings. The number of carbonyl (C=O) groups excluding carboxylic acids is 2. The van der Waals surface area contributed by atoms with Crippen molar-refractivity contribution in [1.82, 2.24) is 0 Å². The van der Waals surface area contributed by atoms with Crippen LogP contribution in [0.15, 0.2) is 103 Å². The van der Waals surface area contributed by atoms with Crippen LogP contribution in [0.4, 0.5) is 11.4 Å². The van der Waals surface area contributed by atoms with Crippen molar-refractivity contribution >= 4 is 34.8 Å². The quantitative estimate of drug-likeness (QED) is 0.236. The van der Waals surface area contributed by atoms with Gasteiger partial charge in [-0.3, -0.25) is 14.4 Å². The summed E-state index contributed by atoms with van der Waals surface area (Å²) in [5, 5.41) is 2.10. The summed E-state index contributed by atoms with van der Waals surface area (Å²) in [6.07, 6.45) is -0.985. The Labute approximate surface area is 237 Å². The van der Waals surface area contributed by atoms with Gasteiger partial charge >= 0.3 is 0 Å². The van der Waals surface area contributed by atoms with Gasteiger partial charge in [-0.25, -0.2) is 9.96 Å². The van der Waals surface area contributed by atoms with Gasteiger partial charge in [0.25, 0.3) is 5.91 Å². The molecule has 0 spiro atoms. The summed E-state index contributed by atoms with van der Waals surface area (Å²) < 4.78 is 12.1. The van der Waals surface area contributed by atoms with Gasteiger partial charge < -0.3 is 9.47 Å². The molecule has 0 bridgehead atoms. The van der Waals surface area contributed by atoms with Crippen molar-refractivity contribution in [2.24, 2.45) is 5.92 Å². The van der Waals surface area contributed by atoms with Crippen molar-refractivity contribution < 1.29 is 23.9 Å². The van der Waals surface area contributed by atoms with Crippen molar-refractivity contribution in [3.8, 4) is 11.5 Å². The van der Waals surface area contributed by atoms with Crippen LogP contribution in [-0.4, -0.2) is 24.5 Å². The predicted octanol–water partition coefficient (Wildman–Crippen LogP) is 6.37. The first-order chi connectivity index (χ1) is 19.5. The van der Waals surface area contributed by atoms with Crippen molar-refractivity contribution in [1.29, 1.82) is 0 Å². The van der Waals surface area contributed by atoms with Crippen molar-refractivity contribution in [3.63, 3.8) is 0 Å². The fourth-order valence-corrected chi connectivity index (χ4v) is 5.44. The van der Waals surface area contributed by atoms with Gasteiger partial charge in [0, 0.05) is 5.02 Å². The number of fused-ring (bicyclic) bond motifs is 1. The number of amides is 2. The van der Waals surface area contributed by atoms with Crippen molar-refractivity contribution in [2.45, 2.75) is 25.7 Å². The van der Waals surface area contributed by atoms with Crippen LogP contribution in [0.5, 0.6) is 11.5 Å². The van der Waals surface area contributed by atoms with E-state index < -0.39 is 24.0 Å². The highest BCUT2D eigenvalue weighted by Crippen LogP contribution is 2.49. The number of anilines is 2. The maximum atomic E-state index is 13.9. The lowest BCUT2D eigenvalue weighted by Crippen LogP contribution is -2.37. The molecule has 2 aliphatic heterocycles. The number of benzene rings is 4. The minimum absolute atomic E-state index is 0.344. The third-order valence-electron chi connectivity index (χ3n) is 7.04. The SMILES string of the molecule is CCOc1cc([C@H]2[C@@H]3C(=O)N(c4cccc(Cl)c4)C(=O)[C@H]3ON2c2ccccc2)ccc1OCc1ccccc1. The second-order valence-electron chi connectivity index (χ2n) is 9.56. The van der Waals surface area contributed by atoms with E-state index >= 15 is 0 Å². The van der Waals surface area contributed by atoms with E-state index in [2.05, 4.69) is 0 Å². The molecular weight excluding hydrogens is 528 g/mol. The number of hydrogen-bond donors (Lipinski definition) is 0. The first kappa shape index (κ1) is 25.9. The molecule has 4 aromatic carbocycles. The maximum absolute atomic E-state index is 13.9. The van der Waals surface area contributed by atoms with E-state index in [-0.39, 0.29) is 5.91 Å². The lowest BCUT2D eigenvalue weighted by molar-refractivity contribution is -0.126. The van der Waals surface area contributed by atoms with Gasteiger partial charge in [-0.15, -0.1) is 0 Å².